The largest absolute Gasteiger partial charge is 0.490 e. The SMILES string of the molecule is C=CCc1cc(/C=C2\SC(=O)N(CC(=O)c3ccc(Cl)cc3)C2=O)cc(OCC)c1OCc1ccccc1. The first kappa shape index (κ1) is 27.2. The van der Waals surface area contributed by atoms with Gasteiger partial charge in [-0.2, -0.15) is 0 Å². The number of Topliss-reactive ketones (excluding diaryl/α,β-unsaturated/α-hetero) is 1. The highest BCUT2D eigenvalue weighted by Gasteiger charge is 2.36. The lowest BCUT2D eigenvalue weighted by Crippen LogP contribution is -2.33. The second-order valence-corrected chi connectivity index (χ2v) is 9.83. The highest BCUT2D eigenvalue weighted by atomic mass is 35.5. The summed E-state index contributed by atoms with van der Waals surface area (Å²) in [7, 11) is 0. The summed E-state index contributed by atoms with van der Waals surface area (Å²) in [5.41, 5.74) is 2.90. The van der Waals surface area contributed by atoms with Gasteiger partial charge < -0.3 is 9.47 Å². The van der Waals surface area contributed by atoms with Crippen molar-refractivity contribution in [1.29, 1.82) is 0 Å². The van der Waals surface area contributed by atoms with E-state index in [0.29, 0.717) is 47.3 Å². The Bertz CT molecular complexity index is 1390. The molecule has 8 heteroatoms. The number of amides is 2. The number of nitrogens with zero attached hydrogens (tertiary/aromatic N) is 1. The van der Waals surface area contributed by atoms with Crippen LogP contribution in [0.2, 0.25) is 5.02 Å². The summed E-state index contributed by atoms with van der Waals surface area (Å²) >= 11 is 6.68. The fourth-order valence-corrected chi connectivity index (χ4v) is 4.85. The van der Waals surface area contributed by atoms with Crippen LogP contribution in [0.5, 0.6) is 11.5 Å². The van der Waals surface area contributed by atoms with Crippen LogP contribution in [0.25, 0.3) is 6.08 Å². The van der Waals surface area contributed by atoms with E-state index in [0.717, 1.165) is 27.8 Å². The molecule has 0 spiro atoms. The molecule has 1 aliphatic rings. The van der Waals surface area contributed by atoms with Crippen molar-refractivity contribution >= 4 is 46.4 Å². The fraction of sp³-hybridized carbons (Fsp3) is 0.167. The number of benzene rings is 3. The predicted molar refractivity (Wildman–Crippen MR) is 151 cm³/mol. The number of halogens is 1. The first-order chi connectivity index (χ1) is 18.4. The van der Waals surface area contributed by atoms with Crippen LogP contribution in [0.1, 0.15) is 34.0 Å². The molecule has 1 heterocycles. The van der Waals surface area contributed by atoms with E-state index < -0.39 is 11.1 Å². The molecule has 3 aromatic rings. The van der Waals surface area contributed by atoms with Gasteiger partial charge in [-0.3, -0.25) is 19.3 Å². The van der Waals surface area contributed by atoms with E-state index in [2.05, 4.69) is 6.58 Å². The molecule has 0 N–H and O–H groups in total. The molecule has 6 nitrogen and oxygen atoms in total. The van der Waals surface area contributed by atoms with Crippen molar-refractivity contribution in [2.75, 3.05) is 13.2 Å². The van der Waals surface area contributed by atoms with E-state index in [-0.39, 0.29) is 17.2 Å². The second-order valence-electron chi connectivity index (χ2n) is 8.41. The average Bonchev–Trinajstić information content (AvgIpc) is 3.16. The highest BCUT2D eigenvalue weighted by Crippen LogP contribution is 2.38. The number of allylic oxidation sites excluding steroid dienone is 1. The first-order valence-corrected chi connectivity index (χ1v) is 13.2. The number of hydrogen-bond donors (Lipinski definition) is 0. The summed E-state index contributed by atoms with van der Waals surface area (Å²) in [5, 5.41) is -0.00268. The van der Waals surface area contributed by atoms with Crippen LogP contribution in [0.3, 0.4) is 0 Å². The van der Waals surface area contributed by atoms with Crippen LogP contribution in [-0.2, 0) is 17.8 Å². The number of carbonyl (C=O) groups is 3. The van der Waals surface area contributed by atoms with Gasteiger partial charge in [0.25, 0.3) is 11.1 Å². The van der Waals surface area contributed by atoms with E-state index in [4.69, 9.17) is 21.1 Å². The summed E-state index contributed by atoms with van der Waals surface area (Å²) in [5.74, 6) is 0.271. The highest BCUT2D eigenvalue weighted by molar-refractivity contribution is 8.18. The molecule has 2 amide bonds. The molecule has 1 fully saturated rings. The van der Waals surface area contributed by atoms with E-state index in [1.165, 1.54) is 0 Å². The standard InChI is InChI=1S/C30H26ClNO5S/c1-3-8-23-15-21(16-26(36-4-2)28(23)37-19-20-9-6-5-7-10-20)17-27-29(34)32(30(35)38-27)18-25(33)22-11-13-24(31)14-12-22/h3,5-7,9-17H,1,4,8,18-19H2,2H3/b27-17-. The monoisotopic (exact) mass is 547 g/mol. The van der Waals surface area contributed by atoms with Crippen molar-refractivity contribution in [3.63, 3.8) is 0 Å². The number of rotatable bonds is 11. The Balaban J connectivity index is 1.58. The molecule has 38 heavy (non-hydrogen) atoms. The van der Waals surface area contributed by atoms with Gasteiger partial charge in [0.15, 0.2) is 17.3 Å². The molecular formula is C30H26ClNO5S. The molecular weight excluding hydrogens is 522 g/mol. The van der Waals surface area contributed by atoms with Crippen molar-refractivity contribution in [1.82, 2.24) is 4.90 Å². The molecule has 0 bridgehead atoms. The number of thioether (sulfide) groups is 1. The minimum atomic E-state index is -0.519. The van der Waals surface area contributed by atoms with Crippen molar-refractivity contribution in [3.05, 3.63) is 112 Å². The molecule has 194 valence electrons. The first-order valence-electron chi connectivity index (χ1n) is 12.0. The van der Waals surface area contributed by atoms with Crippen LogP contribution in [-0.4, -0.2) is 35.0 Å². The lowest BCUT2D eigenvalue weighted by Gasteiger charge is -2.17. The molecule has 0 radical (unpaired) electrons. The molecule has 1 saturated heterocycles. The van der Waals surface area contributed by atoms with Crippen LogP contribution in [0.4, 0.5) is 4.79 Å². The summed E-state index contributed by atoms with van der Waals surface area (Å²) < 4.78 is 12.0. The van der Waals surface area contributed by atoms with Gasteiger partial charge in [0.1, 0.15) is 6.61 Å². The van der Waals surface area contributed by atoms with Crippen molar-refractivity contribution in [3.8, 4) is 11.5 Å². The Morgan fingerprint density at radius 2 is 1.79 bits per heavy atom. The topological polar surface area (TPSA) is 72.9 Å². The lowest BCUT2D eigenvalue weighted by molar-refractivity contribution is -0.122. The zero-order chi connectivity index (χ0) is 27.1. The van der Waals surface area contributed by atoms with Crippen molar-refractivity contribution in [2.24, 2.45) is 0 Å². The lowest BCUT2D eigenvalue weighted by atomic mass is 10.0. The molecule has 0 aliphatic carbocycles. The third-order valence-corrected chi connectivity index (χ3v) is 6.84. The summed E-state index contributed by atoms with van der Waals surface area (Å²) in [4.78, 5) is 39.5. The maximum atomic E-state index is 13.1. The summed E-state index contributed by atoms with van der Waals surface area (Å²) in [6.45, 7) is 6.17. The maximum absolute atomic E-state index is 13.1. The smallest absolute Gasteiger partial charge is 0.293 e. The molecule has 0 saturated carbocycles. The predicted octanol–water partition coefficient (Wildman–Crippen LogP) is 6.97. The minimum Gasteiger partial charge on any atom is -0.490 e. The van der Waals surface area contributed by atoms with Gasteiger partial charge in [-0.15, -0.1) is 6.58 Å². The number of ketones is 1. The van der Waals surface area contributed by atoms with E-state index in [1.807, 2.05) is 43.3 Å². The third-order valence-electron chi connectivity index (χ3n) is 5.68. The molecule has 4 rings (SSSR count). The molecule has 0 atom stereocenters. The van der Waals surface area contributed by atoms with Crippen LogP contribution in [0, 0.1) is 0 Å². The Morgan fingerprint density at radius 3 is 2.47 bits per heavy atom. The quantitative estimate of drug-likeness (QED) is 0.147. The Kier molecular flexibility index (Phi) is 9.05. The fourth-order valence-electron chi connectivity index (χ4n) is 3.89. The normalized spacial score (nSPS) is 14.2. The summed E-state index contributed by atoms with van der Waals surface area (Å²) in [6, 6.07) is 19.8. The Morgan fingerprint density at radius 1 is 1.05 bits per heavy atom. The van der Waals surface area contributed by atoms with Crippen LogP contribution < -0.4 is 9.47 Å². The second kappa shape index (κ2) is 12.6. The maximum Gasteiger partial charge on any atom is 0.293 e. The van der Waals surface area contributed by atoms with Crippen molar-refractivity contribution < 1.29 is 23.9 Å². The number of carbonyl (C=O) groups excluding carboxylic acids is 3. The van der Waals surface area contributed by atoms with Crippen LogP contribution in [0.15, 0.2) is 84.3 Å². The zero-order valence-corrected chi connectivity index (χ0v) is 22.4. The average molecular weight is 548 g/mol. The Labute approximate surface area is 230 Å². The van der Waals surface area contributed by atoms with Gasteiger partial charge in [-0.25, -0.2) is 0 Å². The van der Waals surface area contributed by atoms with E-state index in [9.17, 15) is 14.4 Å². The van der Waals surface area contributed by atoms with Gasteiger partial charge >= 0.3 is 0 Å². The summed E-state index contributed by atoms with van der Waals surface area (Å²) in [6.07, 6.45) is 3.91. The minimum absolute atomic E-state index is 0.226. The van der Waals surface area contributed by atoms with Gasteiger partial charge in [-0.05, 0) is 78.7 Å². The molecule has 0 unspecified atom stereocenters. The van der Waals surface area contributed by atoms with Gasteiger partial charge in [0, 0.05) is 16.1 Å². The molecule has 1 aliphatic heterocycles. The van der Waals surface area contributed by atoms with E-state index >= 15 is 0 Å². The molecule has 0 aromatic heterocycles. The molecule has 3 aromatic carbocycles. The number of imide groups is 1. The Hall–Kier alpha value is -3.81. The number of hydrogen-bond acceptors (Lipinski definition) is 6. The zero-order valence-electron chi connectivity index (χ0n) is 20.8. The van der Waals surface area contributed by atoms with Gasteiger partial charge in [0.05, 0.1) is 18.1 Å². The van der Waals surface area contributed by atoms with E-state index in [1.54, 1.807) is 42.5 Å². The van der Waals surface area contributed by atoms with Gasteiger partial charge in [-0.1, -0.05) is 48.0 Å². The number of ether oxygens (including phenoxy) is 2. The van der Waals surface area contributed by atoms with Gasteiger partial charge in [0.2, 0.25) is 0 Å². The third kappa shape index (κ3) is 6.54. The van der Waals surface area contributed by atoms with Crippen LogP contribution >= 0.6 is 23.4 Å². The van der Waals surface area contributed by atoms with Crippen molar-refractivity contribution in [2.45, 2.75) is 20.0 Å².